The standard InChI is InChI=1S/C31H27ClF3NO5/c1-18(2)17-40-27-16-25-28(30-29(27)38-11-12-39-30)26(9-10-36-25)41-22-6-3-19(4-7-22)13-21(37)14-20-5-8-24(32)23(15-20)31(33,34)35/h3-10,15-16,18H,11-14,17H2,1-2H3. The van der Waals surface area contributed by atoms with E-state index >= 15 is 0 Å². The van der Waals surface area contributed by atoms with Crippen LogP contribution in [0.4, 0.5) is 13.2 Å². The molecule has 0 unspecified atom stereocenters. The maximum atomic E-state index is 13.1. The van der Waals surface area contributed by atoms with Crippen molar-refractivity contribution in [3.63, 3.8) is 0 Å². The van der Waals surface area contributed by atoms with E-state index in [2.05, 4.69) is 18.8 Å². The molecule has 0 bridgehead atoms. The summed E-state index contributed by atoms with van der Waals surface area (Å²) >= 11 is 5.68. The fraction of sp³-hybridized carbons (Fsp3) is 0.290. The summed E-state index contributed by atoms with van der Waals surface area (Å²) < 4.78 is 63.5. The molecule has 0 saturated heterocycles. The lowest BCUT2D eigenvalue weighted by Gasteiger charge is -2.24. The molecule has 214 valence electrons. The Bertz CT molecular complexity index is 1570. The molecule has 4 aromatic rings. The van der Waals surface area contributed by atoms with Gasteiger partial charge in [-0.2, -0.15) is 13.2 Å². The first kappa shape index (κ1) is 28.5. The van der Waals surface area contributed by atoms with Gasteiger partial charge in [-0.05, 0) is 47.4 Å². The van der Waals surface area contributed by atoms with Crippen molar-refractivity contribution in [2.45, 2.75) is 32.9 Å². The monoisotopic (exact) mass is 585 g/mol. The van der Waals surface area contributed by atoms with Crippen LogP contribution in [0.1, 0.15) is 30.5 Å². The number of aromatic nitrogens is 1. The number of ether oxygens (including phenoxy) is 4. The van der Waals surface area contributed by atoms with Crippen LogP contribution in [-0.2, 0) is 23.8 Å². The van der Waals surface area contributed by atoms with Gasteiger partial charge < -0.3 is 18.9 Å². The molecule has 0 radical (unpaired) electrons. The minimum atomic E-state index is -4.59. The molecule has 0 N–H and O–H groups in total. The van der Waals surface area contributed by atoms with E-state index in [1.54, 1.807) is 36.5 Å². The number of ketones is 1. The lowest BCUT2D eigenvalue weighted by molar-refractivity contribution is -0.137. The highest BCUT2D eigenvalue weighted by Crippen LogP contribution is 2.48. The Morgan fingerprint density at radius 3 is 2.34 bits per heavy atom. The van der Waals surface area contributed by atoms with Gasteiger partial charge in [0.25, 0.3) is 0 Å². The zero-order valence-electron chi connectivity index (χ0n) is 22.4. The van der Waals surface area contributed by atoms with Crippen LogP contribution in [-0.4, -0.2) is 30.6 Å². The molecule has 2 heterocycles. The molecule has 10 heteroatoms. The third kappa shape index (κ3) is 6.68. The summed E-state index contributed by atoms with van der Waals surface area (Å²) in [6.45, 7) is 5.40. The van der Waals surface area contributed by atoms with E-state index in [1.165, 1.54) is 6.07 Å². The molecule has 0 saturated carbocycles. The van der Waals surface area contributed by atoms with Crippen LogP contribution in [0.15, 0.2) is 60.8 Å². The Hall–Kier alpha value is -3.98. The van der Waals surface area contributed by atoms with Gasteiger partial charge in [-0.3, -0.25) is 9.78 Å². The molecule has 41 heavy (non-hydrogen) atoms. The Morgan fingerprint density at radius 2 is 1.63 bits per heavy atom. The van der Waals surface area contributed by atoms with Crippen LogP contribution in [0.2, 0.25) is 5.02 Å². The molecule has 0 aliphatic carbocycles. The average Bonchev–Trinajstić information content (AvgIpc) is 2.93. The minimum Gasteiger partial charge on any atom is -0.489 e. The van der Waals surface area contributed by atoms with Crippen molar-refractivity contribution in [2.24, 2.45) is 5.92 Å². The van der Waals surface area contributed by atoms with Gasteiger partial charge in [0.2, 0.25) is 5.75 Å². The number of benzene rings is 3. The second kappa shape index (κ2) is 11.9. The van der Waals surface area contributed by atoms with Crippen molar-refractivity contribution >= 4 is 28.3 Å². The minimum absolute atomic E-state index is 0.0558. The maximum Gasteiger partial charge on any atom is 0.417 e. The largest absolute Gasteiger partial charge is 0.489 e. The zero-order valence-corrected chi connectivity index (χ0v) is 23.1. The Balaban J connectivity index is 1.32. The van der Waals surface area contributed by atoms with Gasteiger partial charge in [-0.25, -0.2) is 0 Å². The number of rotatable bonds is 9. The summed E-state index contributed by atoms with van der Waals surface area (Å²) in [6.07, 6.45) is -3.04. The number of alkyl halides is 3. The molecule has 1 aromatic heterocycles. The number of carbonyl (C=O) groups is 1. The summed E-state index contributed by atoms with van der Waals surface area (Å²) in [5.74, 6) is 2.71. The second-order valence-electron chi connectivity index (χ2n) is 10.1. The van der Waals surface area contributed by atoms with E-state index in [9.17, 15) is 18.0 Å². The van der Waals surface area contributed by atoms with E-state index in [0.717, 1.165) is 12.1 Å². The van der Waals surface area contributed by atoms with E-state index in [0.29, 0.717) is 71.0 Å². The van der Waals surface area contributed by atoms with Crippen LogP contribution in [0.3, 0.4) is 0 Å². The van der Waals surface area contributed by atoms with Crippen molar-refractivity contribution in [2.75, 3.05) is 19.8 Å². The quantitative estimate of drug-likeness (QED) is 0.199. The highest BCUT2D eigenvalue weighted by Gasteiger charge is 2.33. The summed E-state index contributed by atoms with van der Waals surface area (Å²) in [4.78, 5) is 17.1. The first-order valence-corrected chi connectivity index (χ1v) is 13.4. The smallest absolute Gasteiger partial charge is 0.417 e. The number of hydrogen-bond donors (Lipinski definition) is 0. The fourth-order valence-corrected chi connectivity index (χ4v) is 4.67. The number of carbonyl (C=O) groups excluding carboxylic acids is 1. The number of halogens is 4. The predicted octanol–water partition coefficient (Wildman–Crippen LogP) is 7.86. The highest BCUT2D eigenvalue weighted by atomic mass is 35.5. The van der Waals surface area contributed by atoms with Crippen molar-refractivity contribution < 1.29 is 36.9 Å². The number of hydrogen-bond acceptors (Lipinski definition) is 6. The van der Waals surface area contributed by atoms with Gasteiger partial charge in [-0.1, -0.05) is 43.6 Å². The number of pyridine rings is 1. The predicted molar refractivity (Wildman–Crippen MR) is 148 cm³/mol. The average molecular weight is 586 g/mol. The van der Waals surface area contributed by atoms with Gasteiger partial charge in [0.15, 0.2) is 11.5 Å². The van der Waals surface area contributed by atoms with Gasteiger partial charge in [0, 0.05) is 25.1 Å². The first-order valence-electron chi connectivity index (χ1n) is 13.1. The fourth-order valence-electron chi connectivity index (χ4n) is 4.44. The van der Waals surface area contributed by atoms with Crippen molar-refractivity contribution in [3.8, 4) is 28.7 Å². The van der Waals surface area contributed by atoms with Crippen molar-refractivity contribution in [1.29, 1.82) is 0 Å². The Morgan fingerprint density at radius 1 is 0.951 bits per heavy atom. The number of nitrogens with zero attached hydrogens (tertiary/aromatic N) is 1. The Labute approximate surface area is 240 Å². The van der Waals surface area contributed by atoms with Crippen molar-refractivity contribution in [1.82, 2.24) is 4.98 Å². The zero-order chi connectivity index (χ0) is 29.1. The SMILES string of the molecule is CC(C)COc1cc2nccc(Oc3ccc(CC(=O)Cc4ccc(Cl)c(C(F)(F)F)c4)cc3)c2c2c1OCCO2. The molecule has 5 rings (SSSR count). The maximum absolute atomic E-state index is 13.1. The number of fused-ring (bicyclic) bond motifs is 3. The van der Waals surface area contributed by atoms with E-state index in [-0.39, 0.29) is 24.2 Å². The van der Waals surface area contributed by atoms with Crippen molar-refractivity contribution in [3.05, 3.63) is 82.5 Å². The highest BCUT2D eigenvalue weighted by molar-refractivity contribution is 6.31. The van der Waals surface area contributed by atoms with Gasteiger partial charge in [0.1, 0.15) is 30.5 Å². The van der Waals surface area contributed by atoms with E-state index in [4.69, 9.17) is 30.5 Å². The molecule has 6 nitrogen and oxygen atoms in total. The van der Waals surface area contributed by atoms with Gasteiger partial charge >= 0.3 is 6.18 Å². The second-order valence-corrected chi connectivity index (χ2v) is 10.5. The molecule has 1 aliphatic rings. The van der Waals surface area contributed by atoms with Gasteiger partial charge in [-0.15, -0.1) is 0 Å². The summed E-state index contributed by atoms with van der Waals surface area (Å²) in [5, 5.41) is 0.255. The Kier molecular flexibility index (Phi) is 8.26. The summed E-state index contributed by atoms with van der Waals surface area (Å²) in [5.41, 5.74) is 0.632. The number of Topliss-reactive ketones (excluding diaryl/α,β-unsaturated/α-hetero) is 1. The normalized spacial score (nSPS) is 13.0. The summed E-state index contributed by atoms with van der Waals surface area (Å²) in [7, 11) is 0. The van der Waals surface area contributed by atoms with Crippen LogP contribution in [0.5, 0.6) is 28.7 Å². The molecule has 0 atom stereocenters. The lowest BCUT2D eigenvalue weighted by atomic mass is 10.0. The van der Waals surface area contributed by atoms with E-state index in [1.807, 2.05) is 6.07 Å². The topological polar surface area (TPSA) is 66.9 Å². The molecule has 0 spiro atoms. The van der Waals surface area contributed by atoms with E-state index < -0.39 is 16.8 Å². The van der Waals surface area contributed by atoms with Crippen LogP contribution in [0.25, 0.3) is 10.9 Å². The molecular weight excluding hydrogens is 559 g/mol. The van der Waals surface area contributed by atoms with Crippen LogP contribution >= 0.6 is 11.6 Å². The van der Waals surface area contributed by atoms with Gasteiger partial charge in [0.05, 0.1) is 28.1 Å². The third-order valence-corrected chi connectivity index (χ3v) is 6.63. The molecular formula is C31H27ClF3NO5. The molecule has 0 amide bonds. The molecule has 1 aliphatic heterocycles. The third-order valence-electron chi connectivity index (χ3n) is 6.31. The van der Waals surface area contributed by atoms with Crippen LogP contribution < -0.4 is 18.9 Å². The summed E-state index contributed by atoms with van der Waals surface area (Å²) in [6, 6.07) is 14.0. The van der Waals surface area contributed by atoms with Crippen LogP contribution in [0, 0.1) is 5.92 Å². The first-order chi connectivity index (χ1) is 19.6. The molecule has 3 aromatic carbocycles. The lowest BCUT2D eigenvalue weighted by Crippen LogP contribution is -2.17. The molecule has 0 fully saturated rings.